The summed E-state index contributed by atoms with van der Waals surface area (Å²) in [6.45, 7) is 2.28. The van der Waals surface area contributed by atoms with Gasteiger partial charge in [0.05, 0.1) is 18.2 Å². The number of aliphatic hydroxyl groups is 1. The SMILES string of the molecule is CCOC(=O)C(CO)NCc1cc(Cl)c(OCc2cccc(-c3ccccc3)c2Br)cc1OCc1cccnc1. The first-order valence-corrected chi connectivity index (χ1v) is 14.0. The van der Waals surface area contributed by atoms with E-state index >= 15 is 0 Å². The van der Waals surface area contributed by atoms with Crippen LogP contribution in [0.4, 0.5) is 0 Å². The highest BCUT2D eigenvalue weighted by molar-refractivity contribution is 9.10. The molecule has 0 bridgehead atoms. The van der Waals surface area contributed by atoms with Crippen LogP contribution in [0.1, 0.15) is 23.6 Å². The molecule has 0 spiro atoms. The third-order valence-corrected chi connectivity index (χ3v) is 7.30. The van der Waals surface area contributed by atoms with Gasteiger partial charge in [0.2, 0.25) is 0 Å². The number of esters is 1. The largest absolute Gasteiger partial charge is 0.488 e. The van der Waals surface area contributed by atoms with Crippen molar-refractivity contribution in [2.24, 2.45) is 0 Å². The van der Waals surface area contributed by atoms with Gasteiger partial charge in [-0.2, -0.15) is 0 Å². The van der Waals surface area contributed by atoms with E-state index in [1.807, 2.05) is 42.5 Å². The van der Waals surface area contributed by atoms with Crippen molar-refractivity contribution in [3.05, 3.63) is 111 Å². The number of ether oxygens (including phenoxy) is 3. The molecule has 0 radical (unpaired) electrons. The fourth-order valence-corrected chi connectivity index (χ4v) is 4.84. The van der Waals surface area contributed by atoms with Crippen molar-refractivity contribution in [1.29, 1.82) is 0 Å². The number of hydrogen-bond donors (Lipinski definition) is 2. The van der Waals surface area contributed by atoms with E-state index < -0.39 is 18.6 Å². The lowest BCUT2D eigenvalue weighted by molar-refractivity contribution is -0.146. The van der Waals surface area contributed by atoms with Gasteiger partial charge in [-0.1, -0.05) is 66.2 Å². The van der Waals surface area contributed by atoms with Gasteiger partial charge in [-0.3, -0.25) is 15.1 Å². The van der Waals surface area contributed by atoms with Crippen molar-refractivity contribution in [1.82, 2.24) is 10.3 Å². The van der Waals surface area contributed by atoms with Crippen molar-refractivity contribution < 1.29 is 24.1 Å². The fraction of sp³-hybridized carbons (Fsp3) is 0.226. The molecule has 0 aliphatic heterocycles. The second-order valence-corrected chi connectivity index (χ2v) is 10.0. The molecule has 9 heteroatoms. The Labute approximate surface area is 247 Å². The molecule has 0 saturated heterocycles. The maximum absolute atomic E-state index is 12.1. The number of aliphatic hydroxyl groups excluding tert-OH is 1. The molecule has 1 unspecified atom stereocenters. The minimum absolute atomic E-state index is 0.205. The number of rotatable bonds is 13. The number of aromatic nitrogens is 1. The molecular formula is C31H30BrClN2O5. The summed E-state index contributed by atoms with van der Waals surface area (Å²) in [7, 11) is 0. The molecule has 4 rings (SSSR count). The van der Waals surface area contributed by atoms with Gasteiger partial charge < -0.3 is 19.3 Å². The van der Waals surface area contributed by atoms with E-state index in [1.54, 1.807) is 31.5 Å². The second kappa shape index (κ2) is 14.8. The summed E-state index contributed by atoms with van der Waals surface area (Å²) in [5, 5.41) is 13.1. The van der Waals surface area contributed by atoms with E-state index in [0.717, 1.165) is 26.7 Å². The molecule has 1 aromatic heterocycles. The van der Waals surface area contributed by atoms with Gasteiger partial charge in [-0.15, -0.1) is 0 Å². The van der Waals surface area contributed by atoms with Crippen LogP contribution in [0.3, 0.4) is 0 Å². The van der Waals surface area contributed by atoms with Crippen molar-refractivity contribution in [3.63, 3.8) is 0 Å². The number of hydrogen-bond acceptors (Lipinski definition) is 7. The number of benzene rings is 3. The Morgan fingerprint density at radius 1 is 1.00 bits per heavy atom. The first kappa shape index (κ1) is 29.6. The standard InChI is InChI=1S/C31H30BrClN2O5/c1-2-38-31(37)27(18-36)35-17-24-14-26(33)29(15-28(24)39-19-21-8-7-13-34-16-21)40-20-23-11-6-12-25(30(23)32)22-9-4-3-5-10-22/h3-16,27,35-36H,2,17-20H2,1H3. The zero-order valence-electron chi connectivity index (χ0n) is 22.0. The summed E-state index contributed by atoms with van der Waals surface area (Å²) in [5.41, 5.74) is 4.70. The lowest BCUT2D eigenvalue weighted by Crippen LogP contribution is -2.40. The van der Waals surface area contributed by atoms with Gasteiger partial charge in [0.1, 0.15) is 30.8 Å². The zero-order chi connectivity index (χ0) is 28.3. The molecule has 0 saturated carbocycles. The molecular weight excluding hydrogens is 596 g/mol. The first-order chi connectivity index (χ1) is 19.5. The normalized spacial score (nSPS) is 11.6. The summed E-state index contributed by atoms with van der Waals surface area (Å²) in [4.78, 5) is 16.3. The molecule has 0 fully saturated rings. The van der Waals surface area contributed by atoms with E-state index in [4.69, 9.17) is 25.8 Å². The van der Waals surface area contributed by atoms with Crippen LogP contribution >= 0.6 is 27.5 Å². The molecule has 3 aromatic carbocycles. The lowest BCUT2D eigenvalue weighted by atomic mass is 10.0. The maximum Gasteiger partial charge on any atom is 0.325 e. The smallest absolute Gasteiger partial charge is 0.325 e. The van der Waals surface area contributed by atoms with Gasteiger partial charge in [0, 0.05) is 46.2 Å². The Kier molecular flexibility index (Phi) is 10.9. The highest BCUT2D eigenvalue weighted by Gasteiger charge is 2.20. The van der Waals surface area contributed by atoms with Crippen LogP contribution < -0.4 is 14.8 Å². The van der Waals surface area contributed by atoms with Crippen LogP contribution in [-0.2, 0) is 29.3 Å². The van der Waals surface area contributed by atoms with E-state index in [0.29, 0.717) is 22.1 Å². The predicted molar refractivity (Wildman–Crippen MR) is 158 cm³/mol. The van der Waals surface area contributed by atoms with Crippen LogP contribution in [0.15, 0.2) is 89.7 Å². The van der Waals surface area contributed by atoms with E-state index in [1.165, 1.54) is 0 Å². The van der Waals surface area contributed by atoms with E-state index in [9.17, 15) is 9.90 Å². The highest BCUT2D eigenvalue weighted by Crippen LogP contribution is 2.36. The summed E-state index contributed by atoms with van der Waals surface area (Å²) in [6.07, 6.45) is 3.42. The molecule has 208 valence electrons. The Balaban J connectivity index is 1.55. The van der Waals surface area contributed by atoms with E-state index in [-0.39, 0.29) is 26.4 Å². The van der Waals surface area contributed by atoms with Gasteiger partial charge in [0.15, 0.2) is 0 Å². The summed E-state index contributed by atoms with van der Waals surface area (Å²) in [6, 6.07) is 22.5. The Morgan fingerprint density at radius 2 is 1.80 bits per heavy atom. The molecule has 0 aliphatic carbocycles. The van der Waals surface area contributed by atoms with Crippen molar-refractivity contribution in [3.8, 4) is 22.6 Å². The van der Waals surface area contributed by atoms with Crippen LogP contribution in [0.2, 0.25) is 5.02 Å². The number of nitrogens with one attached hydrogen (secondary N) is 1. The predicted octanol–water partition coefficient (Wildman–Crippen LogP) is 6.34. The average Bonchev–Trinajstić information content (AvgIpc) is 2.98. The quantitative estimate of drug-likeness (QED) is 0.168. The minimum Gasteiger partial charge on any atom is -0.488 e. The topological polar surface area (TPSA) is 89.9 Å². The van der Waals surface area contributed by atoms with Gasteiger partial charge in [0.25, 0.3) is 0 Å². The molecule has 1 heterocycles. The first-order valence-electron chi connectivity index (χ1n) is 12.8. The third-order valence-electron chi connectivity index (χ3n) is 6.07. The van der Waals surface area contributed by atoms with Gasteiger partial charge in [-0.05, 0) is 46.1 Å². The summed E-state index contributed by atoms with van der Waals surface area (Å²) < 4.78 is 18.3. The average molecular weight is 626 g/mol. The van der Waals surface area contributed by atoms with Crippen molar-refractivity contribution >= 4 is 33.5 Å². The Bertz CT molecular complexity index is 1410. The molecule has 1 atom stereocenters. The lowest BCUT2D eigenvalue weighted by Gasteiger charge is -2.19. The second-order valence-electron chi connectivity index (χ2n) is 8.84. The minimum atomic E-state index is -0.880. The van der Waals surface area contributed by atoms with Crippen molar-refractivity contribution in [2.45, 2.75) is 32.7 Å². The molecule has 0 aliphatic rings. The molecule has 0 amide bonds. The number of halogens is 2. The Hall–Kier alpha value is -3.43. The zero-order valence-corrected chi connectivity index (χ0v) is 24.3. The fourth-order valence-electron chi connectivity index (χ4n) is 3.99. The van der Waals surface area contributed by atoms with Gasteiger partial charge >= 0.3 is 5.97 Å². The van der Waals surface area contributed by atoms with Crippen LogP contribution in [-0.4, -0.2) is 35.3 Å². The van der Waals surface area contributed by atoms with E-state index in [2.05, 4.69) is 44.4 Å². The monoisotopic (exact) mass is 624 g/mol. The molecule has 40 heavy (non-hydrogen) atoms. The van der Waals surface area contributed by atoms with Crippen molar-refractivity contribution in [2.75, 3.05) is 13.2 Å². The number of nitrogens with zero attached hydrogens (tertiary/aromatic N) is 1. The summed E-state index contributed by atoms with van der Waals surface area (Å²) in [5.74, 6) is 0.443. The molecule has 7 nitrogen and oxygen atoms in total. The maximum atomic E-state index is 12.1. The van der Waals surface area contributed by atoms with Crippen LogP contribution in [0.25, 0.3) is 11.1 Å². The highest BCUT2D eigenvalue weighted by atomic mass is 79.9. The molecule has 4 aromatic rings. The number of carbonyl (C=O) groups excluding carboxylic acids is 1. The number of pyridine rings is 1. The molecule has 2 N–H and O–H groups in total. The number of carbonyl (C=O) groups is 1. The van der Waals surface area contributed by atoms with Gasteiger partial charge in [-0.25, -0.2) is 0 Å². The van der Waals surface area contributed by atoms with Crippen LogP contribution in [0, 0.1) is 0 Å². The third kappa shape index (κ3) is 7.82. The Morgan fingerprint density at radius 3 is 2.52 bits per heavy atom. The van der Waals surface area contributed by atoms with Crippen LogP contribution in [0.5, 0.6) is 11.5 Å². The summed E-state index contributed by atoms with van der Waals surface area (Å²) >= 11 is 10.4.